The minimum atomic E-state index is -0.519. The Hall–Kier alpha value is -0.800. The smallest absolute Gasteiger partial charge is 0.110 e. The van der Waals surface area contributed by atoms with Gasteiger partial charge in [-0.05, 0) is 37.2 Å². The van der Waals surface area contributed by atoms with Crippen molar-refractivity contribution in [2.45, 2.75) is 52.2 Å². The Labute approximate surface area is 108 Å². The Balaban J connectivity index is 2.09. The maximum atomic E-state index is 10.8. The van der Waals surface area contributed by atoms with Crippen LogP contribution >= 0.6 is 0 Å². The van der Waals surface area contributed by atoms with Crippen molar-refractivity contribution in [2.24, 2.45) is 17.3 Å². The Kier molecular flexibility index (Phi) is 2.62. The molecule has 5 atom stereocenters. The van der Waals surface area contributed by atoms with E-state index >= 15 is 0 Å². The van der Waals surface area contributed by atoms with Gasteiger partial charge in [0.05, 0.1) is 18.5 Å². The van der Waals surface area contributed by atoms with Crippen LogP contribution < -0.4 is 0 Å². The zero-order valence-corrected chi connectivity index (χ0v) is 11.3. The van der Waals surface area contributed by atoms with Crippen molar-refractivity contribution in [3.05, 3.63) is 23.2 Å². The molecule has 2 N–H and O–H groups in total. The number of fused-ring (bicyclic) bond motifs is 2. The van der Waals surface area contributed by atoms with Crippen molar-refractivity contribution in [1.29, 1.82) is 0 Å². The molecule has 0 bridgehead atoms. The van der Waals surface area contributed by atoms with Crippen LogP contribution in [0.2, 0.25) is 0 Å². The first-order chi connectivity index (χ1) is 8.46. The van der Waals surface area contributed by atoms with Gasteiger partial charge in [-0.3, -0.25) is 0 Å². The third-order valence-corrected chi connectivity index (χ3v) is 5.65. The molecular formula is C15H22O3. The average Bonchev–Trinajstić information content (AvgIpc) is 2.70. The highest BCUT2D eigenvalue weighted by Gasteiger charge is 2.54. The first kappa shape index (κ1) is 12.2. The number of rotatable bonds is 0. The third kappa shape index (κ3) is 1.38. The summed E-state index contributed by atoms with van der Waals surface area (Å²) in [7, 11) is 0. The van der Waals surface area contributed by atoms with Gasteiger partial charge in [-0.1, -0.05) is 13.8 Å². The van der Waals surface area contributed by atoms with E-state index in [1.54, 1.807) is 6.26 Å². The van der Waals surface area contributed by atoms with Crippen LogP contribution in [0.4, 0.5) is 0 Å². The average molecular weight is 250 g/mol. The van der Waals surface area contributed by atoms with Crippen molar-refractivity contribution < 1.29 is 14.6 Å². The largest absolute Gasteiger partial charge is 0.469 e. The molecule has 3 heteroatoms. The normalized spacial score (nSPS) is 43.4. The predicted molar refractivity (Wildman–Crippen MR) is 68.1 cm³/mol. The SMILES string of the molecule is Cc1coc2c1[C@@H](O)[C@]1(C)[C@H](CC[C@H](O)[C@@H]1C)C2. The van der Waals surface area contributed by atoms with E-state index in [1.165, 1.54) is 0 Å². The molecule has 1 fully saturated rings. The molecule has 0 spiro atoms. The molecule has 1 aromatic heterocycles. The highest BCUT2D eigenvalue weighted by molar-refractivity contribution is 5.34. The minimum absolute atomic E-state index is 0.119. The lowest BCUT2D eigenvalue weighted by Gasteiger charge is -2.53. The number of hydrogen-bond acceptors (Lipinski definition) is 3. The topological polar surface area (TPSA) is 53.6 Å². The lowest BCUT2D eigenvalue weighted by molar-refractivity contribution is -0.128. The third-order valence-electron chi connectivity index (χ3n) is 5.65. The molecule has 1 aromatic rings. The van der Waals surface area contributed by atoms with Gasteiger partial charge in [0.25, 0.3) is 0 Å². The molecule has 1 heterocycles. The van der Waals surface area contributed by atoms with E-state index in [0.717, 1.165) is 36.1 Å². The maximum Gasteiger partial charge on any atom is 0.110 e. The summed E-state index contributed by atoms with van der Waals surface area (Å²) in [5.74, 6) is 1.48. The Morgan fingerprint density at radius 3 is 2.78 bits per heavy atom. The van der Waals surface area contributed by atoms with Crippen LogP contribution in [0.5, 0.6) is 0 Å². The second kappa shape index (κ2) is 3.84. The molecule has 2 aliphatic rings. The van der Waals surface area contributed by atoms with Gasteiger partial charge >= 0.3 is 0 Å². The number of aliphatic hydroxyl groups excluding tert-OH is 2. The van der Waals surface area contributed by atoms with Crippen molar-refractivity contribution in [2.75, 3.05) is 0 Å². The lowest BCUT2D eigenvalue weighted by Crippen LogP contribution is -2.51. The molecule has 18 heavy (non-hydrogen) atoms. The number of hydrogen-bond donors (Lipinski definition) is 2. The van der Waals surface area contributed by atoms with E-state index < -0.39 is 6.10 Å². The first-order valence-corrected chi connectivity index (χ1v) is 6.89. The molecule has 0 aromatic carbocycles. The van der Waals surface area contributed by atoms with E-state index in [9.17, 15) is 10.2 Å². The predicted octanol–water partition coefficient (Wildman–Crippen LogP) is 2.59. The second-order valence-electron chi connectivity index (χ2n) is 6.36. The Morgan fingerprint density at radius 1 is 1.33 bits per heavy atom. The van der Waals surface area contributed by atoms with E-state index in [1.807, 2.05) is 6.92 Å². The molecule has 1 saturated carbocycles. The fourth-order valence-electron chi connectivity index (χ4n) is 4.08. The fraction of sp³-hybridized carbons (Fsp3) is 0.733. The zero-order valence-electron chi connectivity index (χ0n) is 11.3. The van der Waals surface area contributed by atoms with Gasteiger partial charge in [-0.15, -0.1) is 0 Å². The summed E-state index contributed by atoms with van der Waals surface area (Å²) in [5, 5.41) is 20.9. The summed E-state index contributed by atoms with van der Waals surface area (Å²) in [4.78, 5) is 0. The summed E-state index contributed by atoms with van der Waals surface area (Å²) in [5.41, 5.74) is 1.76. The summed E-state index contributed by atoms with van der Waals surface area (Å²) in [6.45, 7) is 6.18. The molecule has 2 aliphatic carbocycles. The molecule has 0 amide bonds. The Bertz CT molecular complexity index is 464. The molecule has 0 aliphatic heterocycles. The minimum Gasteiger partial charge on any atom is -0.469 e. The van der Waals surface area contributed by atoms with Gasteiger partial charge in [0, 0.05) is 17.4 Å². The van der Waals surface area contributed by atoms with Crippen LogP contribution in [-0.2, 0) is 6.42 Å². The number of aryl methyl sites for hydroxylation is 1. The first-order valence-electron chi connectivity index (χ1n) is 6.89. The summed E-state index contributed by atoms with van der Waals surface area (Å²) >= 11 is 0. The zero-order chi connectivity index (χ0) is 13.1. The molecular weight excluding hydrogens is 228 g/mol. The van der Waals surface area contributed by atoms with E-state index in [2.05, 4.69) is 13.8 Å². The van der Waals surface area contributed by atoms with Crippen LogP contribution in [-0.4, -0.2) is 16.3 Å². The van der Waals surface area contributed by atoms with Crippen LogP contribution in [0.3, 0.4) is 0 Å². The standard InChI is InChI=1S/C15H22O3/c1-8-7-18-12-6-10-4-5-11(16)9(2)15(10,3)14(17)13(8)12/h7,9-11,14,16-17H,4-6H2,1-3H3/t9-,10+,11-,14+,15-/m0/s1. The van der Waals surface area contributed by atoms with Gasteiger partial charge in [-0.25, -0.2) is 0 Å². The molecule has 3 rings (SSSR count). The maximum absolute atomic E-state index is 10.8. The fourth-order valence-corrected chi connectivity index (χ4v) is 4.08. The highest BCUT2D eigenvalue weighted by Crippen LogP contribution is 2.57. The van der Waals surface area contributed by atoms with E-state index in [4.69, 9.17) is 4.42 Å². The summed E-state index contributed by atoms with van der Waals surface area (Å²) in [6, 6.07) is 0. The van der Waals surface area contributed by atoms with Gasteiger partial charge in [0.2, 0.25) is 0 Å². The van der Waals surface area contributed by atoms with Crippen molar-refractivity contribution in [1.82, 2.24) is 0 Å². The van der Waals surface area contributed by atoms with Crippen LogP contribution in [0.25, 0.3) is 0 Å². The summed E-state index contributed by atoms with van der Waals surface area (Å²) in [6.07, 6.45) is 3.63. The van der Waals surface area contributed by atoms with Gasteiger partial charge in [-0.2, -0.15) is 0 Å². The molecule has 0 radical (unpaired) electrons. The monoisotopic (exact) mass is 250 g/mol. The number of aliphatic hydroxyl groups is 2. The van der Waals surface area contributed by atoms with Crippen LogP contribution in [0.15, 0.2) is 10.7 Å². The second-order valence-corrected chi connectivity index (χ2v) is 6.36. The number of furan rings is 1. The highest BCUT2D eigenvalue weighted by atomic mass is 16.3. The Morgan fingerprint density at radius 2 is 2.06 bits per heavy atom. The van der Waals surface area contributed by atoms with E-state index in [-0.39, 0.29) is 17.4 Å². The van der Waals surface area contributed by atoms with Gasteiger partial charge in [0.1, 0.15) is 5.76 Å². The quantitative estimate of drug-likeness (QED) is 0.744. The molecule has 100 valence electrons. The summed E-state index contributed by atoms with van der Waals surface area (Å²) < 4.78 is 5.59. The van der Waals surface area contributed by atoms with Crippen molar-refractivity contribution in [3.63, 3.8) is 0 Å². The van der Waals surface area contributed by atoms with Crippen molar-refractivity contribution >= 4 is 0 Å². The van der Waals surface area contributed by atoms with Gasteiger partial charge in [0.15, 0.2) is 0 Å². The molecule has 0 unspecified atom stereocenters. The van der Waals surface area contributed by atoms with Gasteiger partial charge < -0.3 is 14.6 Å². The van der Waals surface area contributed by atoms with Crippen LogP contribution in [0.1, 0.15) is 49.7 Å². The molecule has 0 saturated heterocycles. The van der Waals surface area contributed by atoms with E-state index in [0.29, 0.717) is 5.92 Å². The van der Waals surface area contributed by atoms with Crippen LogP contribution in [0, 0.1) is 24.2 Å². The molecule has 3 nitrogen and oxygen atoms in total. The lowest BCUT2D eigenvalue weighted by atomic mass is 9.53. The van der Waals surface area contributed by atoms with Crippen molar-refractivity contribution in [3.8, 4) is 0 Å².